The number of carbonyl (C=O) groups excluding carboxylic acids is 2. The molecule has 0 saturated carbocycles. The minimum atomic E-state index is -0.0493. The van der Waals surface area contributed by atoms with Gasteiger partial charge in [0.05, 0.1) is 24.8 Å². The Kier molecular flexibility index (Phi) is 5.85. The molecule has 0 unspecified atom stereocenters. The standard InChI is InChI=1S/C20H25N5O2S/c26-18(9-5-4-8-16-19-15(13-28-16)22-20(27)24-19)23-17-10-11-21-25(17)12-14-6-2-1-3-7-14/h1-3,6-7,10-11,15-16,19H,4-5,8-9,12-13H2,(H,23,26)(H2,22,24,27)/t15-,16-,19-/m0/s1. The van der Waals surface area contributed by atoms with Gasteiger partial charge in [-0.3, -0.25) is 4.79 Å². The first kappa shape index (κ1) is 18.9. The first-order chi connectivity index (χ1) is 13.7. The fourth-order valence-corrected chi connectivity index (χ4v) is 5.34. The maximum atomic E-state index is 12.3. The van der Waals surface area contributed by atoms with E-state index in [0.717, 1.165) is 36.4 Å². The van der Waals surface area contributed by atoms with Crippen LogP contribution in [-0.4, -0.2) is 44.8 Å². The topological polar surface area (TPSA) is 88.1 Å². The molecule has 2 fully saturated rings. The lowest BCUT2D eigenvalue weighted by Crippen LogP contribution is -2.36. The van der Waals surface area contributed by atoms with Crippen LogP contribution in [0.3, 0.4) is 0 Å². The van der Waals surface area contributed by atoms with Crippen LogP contribution in [0.15, 0.2) is 42.6 Å². The Morgan fingerprint density at radius 1 is 1.21 bits per heavy atom. The Balaban J connectivity index is 1.19. The summed E-state index contributed by atoms with van der Waals surface area (Å²) in [6.45, 7) is 0.630. The molecule has 3 heterocycles. The minimum Gasteiger partial charge on any atom is -0.332 e. The number of unbranched alkanes of at least 4 members (excludes halogenated alkanes) is 1. The number of thioether (sulfide) groups is 1. The first-order valence-corrected chi connectivity index (χ1v) is 10.8. The summed E-state index contributed by atoms with van der Waals surface area (Å²) in [4.78, 5) is 23.7. The van der Waals surface area contributed by atoms with Crippen LogP contribution in [0.5, 0.6) is 0 Å². The predicted octanol–water partition coefficient (Wildman–Crippen LogP) is 2.60. The van der Waals surface area contributed by atoms with Crippen LogP contribution >= 0.6 is 11.8 Å². The molecule has 0 radical (unpaired) electrons. The number of urea groups is 1. The highest BCUT2D eigenvalue weighted by molar-refractivity contribution is 8.00. The second-order valence-corrected chi connectivity index (χ2v) is 8.55. The molecule has 3 amide bonds. The summed E-state index contributed by atoms with van der Waals surface area (Å²) in [5, 5.41) is 13.7. The third-order valence-corrected chi connectivity index (χ3v) is 6.75. The second kappa shape index (κ2) is 8.68. The number of nitrogens with one attached hydrogen (secondary N) is 3. The number of fused-ring (bicyclic) bond motifs is 1. The van der Waals surface area contributed by atoms with Crippen molar-refractivity contribution in [1.29, 1.82) is 0 Å². The van der Waals surface area contributed by atoms with Crippen LogP contribution in [0.25, 0.3) is 0 Å². The maximum Gasteiger partial charge on any atom is 0.315 e. The van der Waals surface area contributed by atoms with Gasteiger partial charge in [-0.1, -0.05) is 36.8 Å². The molecule has 7 nitrogen and oxygen atoms in total. The van der Waals surface area contributed by atoms with Crippen molar-refractivity contribution in [2.45, 2.75) is 49.6 Å². The van der Waals surface area contributed by atoms with Crippen LogP contribution in [0.2, 0.25) is 0 Å². The van der Waals surface area contributed by atoms with Crippen molar-refractivity contribution in [3.05, 3.63) is 48.2 Å². The summed E-state index contributed by atoms with van der Waals surface area (Å²) < 4.78 is 1.80. The molecular weight excluding hydrogens is 374 g/mol. The summed E-state index contributed by atoms with van der Waals surface area (Å²) in [7, 11) is 0. The quantitative estimate of drug-likeness (QED) is 0.470. The van der Waals surface area contributed by atoms with Crippen LogP contribution in [0, 0.1) is 0 Å². The zero-order valence-corrected chi connectivity index (χ0v) is 16.5. The second-order valence-electron chi connectivity index (χ2n) is 7.28. The summed E-state index contributed by atoms with van der Waals surface area (Å²) in [6.07, 6.45) is 5.04. The van der Waals surface area contributed by atoms with Gasteiger partial charge in [0, 0.05) is 23.5 Å². The fraction of sp³-hybridized carbons (Fsp3) is 0.450. The smallest absolute Gasteiger partial charge is 0.315 e. The van der Waals surface area contributed by atoms with Crippen molar-refractivity contribution in [2.75, 3.05) is 11.1 Å². The number of nitrogens with zero attached hydrogens (tertiary/aromatic N) is 2. The molecule has 2 aromatic rings. The van der Waals surface area contributed by atoms with Crippen molar-refractivity contribution in [1.82, 2.24) is 20.4 Å². The molecule has 2 saturated heterocycles. The Hall–Kier alpha value is -2.48. The number of hydrogen-bond acceptors (Lipinski definition) is 4. The van der Waals surface area contributed by atoms with E-state index < -0.39 is 0 Å². The molecule has 0 spiro atoms. The molecule has 3 N–H and O–H groups in total. The molecule has 4 rings (SSSR count). The first-order valence-electron chi connectivity index (χ1n) is 9.73. The average molecular weight is 400 g/mol. The molecule has 1 aromatic carbocycles. The van der Waals surface area contributed by atoms with Crippen molar-refractivity contribution >= 4 is 29.5 Å². The van der Waals surface area contributed by atoms with Crippen molar-refractivity contribution < 1.29 is 9.59 Å². The van der Waals surface area contributed by atoms with E-state index >= 15 is 0 Å². The van der Waals surface area contributed by atoms with Gasteiger partial charge in [0.15, 0.2) is 0 Å². The third-order valence-electron chi connectivity index (χ3n) is 5.24. The Morgan fingerprint density at radius 3 is 2.93 bits per heavy atom. The van der Waals surface area contributed by atoms with Crippen LogP contribution < -0.4 is 16.0 Å². The number of carbonyl (C=O) groups is 2. The van der Waals surface area contributed by atoms with Crippen molar-refractivity contribution in [2.24, 2.45) is 0 Å². The van der Waals surface area contributed by atoms with Gasteiger partial charge in [-0.2, -0.15) is 16.9 Å². The highest BCUT2D eigenvalue weighted by Crippen LogP contribution is 2.33. The van der Waals surface area contributed by atoms with Crippen molar-refractivity contribution in [3.8, 4) is 0 Å². The van der Waals surface area contributed by atoms with Gasteiger partial charge in [-0.25, -0.2) is 9.48 Å². The zero-order valence-electron chi connectivity index (χ0n) is 15.6. The highest BCUT2D eigenvalue weighted by atomic mass is 32.2. The van der Waals surface area contributed by atoms with E-state index in [1.54, 1.807) is 10.9 Å². The third kappa shape index (κ3) is 4.49. The molecule has 8 heteroatoms. The molecule has 2 aliphatic heterocycles. The molecule has 0 bridgehead atoms. The van der Waals surface area contributed by atoms with Crippen LogP contribution in [0.1, 0.15) is 31.2 Å². The van der Waals surface area contributed by atoms with Crippen molar-refractivity contribution in [3.63, 3.8) is 0 Å². The normalized spacial score (nSPS) is 23.1. The number of rotatable bonds is 8. The Labute approximate surface area is 168 Å². The van der Waals surface area contributed by atoms with Gasteiger partial charge in [0.2, 0.25) is 5.91 Å². The highest BCUT2D eigenvalue weighted by Gasteiger charge is 2.42. The summed E-state index contributed by atoms with van der Waals surface area (Å²) in [6, 6.07) is 12.3. The van der Waals surface area contributed by atoms with Gasteiger partial charge in [0.1, 0.15) is 5.82 Å². The van der Waals surface area contributed by atoms with Gasteiger partial charge < -0.3 is 16.0 Å². The van der Waals surface area contributed by atoms with E-state index in [4.69, 9.17) is 0 Å². The number of aromatic nitrogens is 2. The zero-order chi connectivity index (χ0) is 19.3. The van der Waals surface area contributed by atoms with Crippen LogP contribution in [-0.2, 0) is 11.3 Å². The lowest BCUT2D eigenvalue weighted by molar-refractivity contribution is -0.116. The van der Waals surface area contributed by atoms with E-state index in [-0.39, 0.29) is 24.0 Å². The molecule has 148 valence electrons. The van der Waals surface area contributed by atoms with Gasteiger partial charge in [-0.05, 0) is 18.4 Å². The van der Waals surface area contributed by atoms with Gasteiger partial charge in [0.25, 0.3) is 0 Å². The SMILES string of the molecule is O=C(CCCC[C@@H]1SC[C@@H]2NC(=O)N[C@@H]21)Nc1ccnn1Cc1ccccc1. The predicted molar refractivity (Wildman–Crippen MR) is 110 cm³/mol. The van der Waals surface area contributed by atoms with E-state index in [2.05, 4.69) is 21.0 Å². The number of benzene rings is 1. The molecule has 3 atom stereocenters. The van der Waals surface area contributed by atoms with E-state index in [0.29, 0.717) is 18.2 Å². The van der Waals surface area contributed by atoms with Gasteiger partial charge in [-0.15, -0.1) is 0 Å². The number of hydrogen-bond donors (Lipinski definition) is 3. The summed E-state index contributed by atoms with van der Waals surface area (Å²) in [5.74, 6) is 1.71. The lowest BCUT2D eigenvalue weighted by atomic mass is 10.0. The monoisotopic (exact) mass is 399 g/mol. The van der Waals surface area contributed by atoms with Crippen LogP contribution in [0.4, 0.5) is 10.6 Å². The number of amides is 3. The van der Waals surface area contributed by atoms with E-state index in [9.17, 15) is 9.59 Å². The maximum absolute atomic E-state index is 12.3. The van der Waals surface area contributed by atoms with E-state index in [1.807, 2.05) is 48.2 Å². The van der Waals surface area contributed by atoms with E-state index in [1.165, 1.54) is 0 Å². The Bertz CT molecular complexity index is 825. The molecule has 0 aliphatic carbocycles. The largest absolute Gasteiger partial charge is 0.332 e. The molecule has 2 aliphatic rings. The Morgan fingerprint density at radius 2 is 2.07 bits per heavy atom. The summed E-state index contributed by atoms with van der Waals surface area (Å²) in [5.41, 5.74) is 1.14. The fourth-order valence-electron chi connectivity index (χ4n) is 3.80. The molecule has 1 aromatic heterocycles. The molecule has 28 heavy (non-hydrogen) atoms. The van der Waals surface area contributed by atoms with Gasteiger partial charge >= 0.3 is 6.03 Å². The number of anilines is 1. The average Bonchev–Trinajstić information content (AvgIpc) is 3.37. The lowest BCUT2D eigenvalue weighted by Gasteiger charge is -2.16. The summed E-state index contributed by atoms with van der Waals surface area (Å²) >= 11 is 1.91. The molecular formula is C20H25N5O2S. The minimum absolute atomic E-state index is 0.0163.